The maximum Gasteiger partial charge on any atom is 0.327 e. The van der Waals surface area contributed by atoms with E-state index in [0.717, 1.165) is 5.56 Å². The lowest BCUT2D eigenvalue weighted by Gasteiger charge is -2.11. The van der Waals surface area contributed by atoms with Crippen LogP contribution in [0.25, 0.3) is 5.70 Å². The minimum absolute atomic E-state index is 0.431. The Balaban J connectivity index is 1.87. The molecule has 112 valence electrons. The minimum atomic E-state index is -0.852. The fourth-order valence-electron chi connectivity index (χ4n) is 1.57. The van der Waals surface area contributed by atoms with Crippen LogP contribution in [0.4, 0.5) is 5.69 Å². The Morgan fingerprint density at radius 1 is 1.05 bits per heavy atom. The number of carbonyl (C=O) groups is 2. The fourth-order valence-corrected chi connectivity index (χ4v) is 1.76. The van der Waals surface area contributed by atoms with Crippen LogP contribution in [0.2, 0.25) is 5.02 Å². The molecule has 0 aliphatic rings. The van der Waals surface area contributed by atoms with Crippen molar-refractivity contribution >= 4 is 34.8 Å². The van der Waals surface area contributed by atoms with Gasteiger partial charge in [-0.25, -0.2) is 0 Å². The fraction of sp³-hybridized carbons (Fsp3) is 0. The van der Waals surface area contributed by atoms with Crippen molar-refractivity contribution in [1.82, 2.24) is 15.8 Å². The first-order valence-electron chi connectivity index (χ1n) is 6.28. The SMILES string of the molecule is C=C(NNC(=O)C(=O)Nc1cccc(Cl)c1)c1ccncc1. The Hall–Kier alpha value is -2.86. The number of hydrogen-bond donors (Lipinski definition) is 3. The zero-order valence-corrected chi connectivity index (χ0v) is 12.2. The molecule has 0 fully saturated rings. The van der Waals surface area contributed by atoms with Gasteiger partial charge in [-0.15, -0.1) is 0 Å². The molecule has 2 amide bonds. The summed E-state index contributed by atoms with van der Waals surface area (Å²) in [6.45, 7) is 3.75. The lowest BCUT2D eigenvalue weighted by molar-refractivity contribution is -0.136. The van der Waals surface area contributed by atoms with Crippen LogP contribution in [0.15, 0.2) is 55.4 Å². The first-order valence-corrected chi connectivity index (χ1v) is 6.66. The molecule has 0 unspecified atom stereocenters. The quantitative estimate of drug-likeness (QED) is 0.595. The third kappa shape index (κ3) is 4.32. The molecule has 1 aromatic carbocycles. The Morgan fingerprint density at radius 3 is 2.45 bits per heavy atom. The monoisotopic (exact) mass is 316 g/mol. The van der Waals surface area contributed by atoms with E-state index in [1.807, 2.05) is 0 Å². The molecule has 1 heterocycles. The molecular weight excluding hydrogens is 304 g/mol. The second-order valence-corrected chi connectivity index (χ2v) is 4.69. The van der Waals surface area contributed by atoms with Crippen molar-refractivity contribution in [1.29, 1.82) is 0 Å². The number of rotatable bonds is 4. The third-order valence-corrected chi connectivity index (χ3v) is 2.88. The van der Waals surface area contributed by atoms with Gasteiger partial charge in [0.25, 0.3) is 0 Å². The van der Waals surface area contributed by atoms with E-state index in [-0.39, 0.29) is 0 Å². The van der Waals surface area contributed by atoms with Crippen LogP contribution in [-0.4, -0.2) is 16.8 Å². The molecule has 3 N–H and O–H groups in total. The lowest BCUT2D eigenvalue weighted by Crippen LogP contribution is -2.42. The summed E-state index contributed by atoms with van der Waals surface area (Å²) in [6.07, 6.45) is 3.19. The number of amides is 2. The van der Waals surface area contributed by atoms with E-state index in [4.69, 9.17) is 11.6 Å². The van der Waals surface area contributed by atoms with Gasteiger partial charge in [0.05, 0.1) is 5.70 Å². The smallest absolute Gasteiger partial charge is 0.318 e. The second kappa shape index (κ2) is 7.24. The molecular formula is C15H13ClN4O2. The highest BCUT2D eigenvalue weighted by Crippen LogP contribution is 2.14. The molecule has 0 saturated carbocycles. The average Bonchev–Trinajstić information content (AvgIpc) is 2.53. The molecule has 1 aromatic heterocycles. The summed E-state index contributed by atoms with van der Waals surface area (Å²) in [7, 11) is 0. The maximum absolute atomic E-state index is 11.7. The summed E-state index contributed by atoms with van der Waals surface area (Å²) in [4.78, 5) is 27.3. The zero-order chi connectivity index (χ0) is 15.9. The largest absolute Gasteiger partial charge is 0.327 e. The van der Waals surface area contributed by atoms with Crippen molar-refractivity contribution in [3.05, 3.63) is 66.0 Å². The lowest BCUT2D eigenvalue weighted by atomic mass is 10.2. The summed E-state index contributed by atoms with van der Waals surface area (Å²) >= 11 is 5.80. The van der Waals surface area contributed by atoms with Gasteiger partial charge >= 0.3 is 11.8 Å². The number of anilines is 1. The van der Waals surface area contributed by atoms with Gasteiger partial charge in [-0.2, -0.15) is 0 Å². The minimum Gasteiger partial charge on any atom is -0.318 e. The predicted octanol–water partition coefficient (Wildman–Crippen LogP) is 1.97. The van der Waals surface area contributed by atoms with Gasteiger partial charge in [0.2, 0.25) is 0 Å². The van der Waals surface area contributed by atoms with E-state index in [1.165, 1.54) is 6.07 Å². The Morgan fingerprint density at radius 2 is 1.77 bits per heavy atom. The molecule has 2 rings (SSSR count). The molecule has 22 heavy (non-hydrogen) atoms. The van der Waals surface area contributed by atoms with Crippen molar-refractivity contribution in [3.8, 4) is 0 Å². The van der Waals surface area contributed by atoms with Crippen LogP contribution in [0, 0.1) is 0 Å². The van der Waals surface area contributed by atoms with Gasteiger partial charge in [-0.05, 0) is 30.3 Å². The number of hydrazine groups is 1. The number of carbonyl (C=O) groups excluding carboxylic acids is 2. The Labute approximate surface area is 132 Å². The molecule has 0 radical (unpaired) electrons. The van der Waals surface area contributed by atoms with Crippen LogP contribution in [0.1, 0.15) is 5.56 Å². The van der Waals surface area contributed by atoms with Gasteiger partial charge in [0.15, 0.2) is 0 Å². The van der Waals surface area contributed by atoms with Gasteiger partial charge in [0.1, 0.15) is 0 Å². The summed E-state index contributed by atoms with van der Waals surface area (Å²) in [5, 5.41) is 2.89. The van der Waals surface area contributed by atoms with E-state index in [1.54, 1.807) is 42.7 Å². The Bertz CT molecular complexity index is 704. The van der Waals surface area contributed by atoms with Crippen LogP contribution >= 0.6 is 11.6 Å². The standard InChI is InChI=1S/C15H13ClN4O2/c1-10(11-5-7-17-8-6-11)19-20-15(22)14(21)18-13-4-2-3-12(16)9-13/h2-9,19H,1H2,(H,18,21)(H,20,22). The van der Waals surface area contributed by atoms with Crippen molar-refractivity contribution in [2.75, 3.05) is 5.32 Å². The number of aromatic nitrogens is 1. The highest BCUT2D eigenvalue weighted by atomic mass is 35.5. The van der Waals surface area contributed by atoms with E-state index >= 15 is 0 Å². The van der Waals surface area contributed by atoms with E-state index in [2.05, 4.69) is 27.7 Å². The van der Waals surface area contributed by atoms with Crippen molar-refractivity contribution in [3.63, 3.8) is 0 Å². The van der Waals surface area contributed by atoms with E-state index < -0.39 is 11.8 Å². The number of nitrogens with one attached hydrogen (secondary N) is 3. The first-order chi connectivity index (χ1) is 10.6. The summed E-state index contributed by atoms with van der Waals surface area (Å²) in [5.41, 5.74) is 6.44. The molecule has 0 aliphatic heterocycles. The Kier molecular flexibility index (Phi) is 5.11. The summed E-state index contributed by atoms with van der Waals surface area (Å²) in [6, 6.07) is 9.93. The van der Waals surface area contributed by atoms with E-state index in [0.29, 0.717) is 16.4 Å². The first kappa shape index (κ1) is 15.5. The predicted molar refractivity (Wildman–Crippen MR) is 84.6 cm³/mol. The third-order valence-electron chi connectivity index (χ3n) is 2.64. The second-order valence-electron chi connectivity index (χ2n) is 4.26. The van der Waals surface area contributed by atoms with Crippen LogP contribution in [0.5, 0.6) is 0 Å². The van der Waals surface area contributed by atoms with Crippen LogP contribution in [-0.2, 0) is 9.59 Å². The molecule has 0 bridgehead atoms. The van der Waals surface area contributed by atoms with Crippen LogP contribution < -0.4 is 16.2 Å². The van der Waals surface area contributed by atoms with Gasteiger partial charge in [0, 0.05) is 28.7 Å². The van der Waals surface area contributed by atoms with Crippen molar-refractivity contribution in [2.45, 2.75) is 0 Å². The molecule has 0 atom stereocenters. The average molecular weight is 317 g/mol. The molecule has 2 aromatic rings. The number of halogens is 1. The number of nitrogens with zero attached hydrogens (tertiary/aromatic N) is 1. The van der Waals surface area contributed by atoms with Gasteiger partial charge in [-0.1, -0.05) is 24.2 Å². The van der Waals surface area contributed by atoms with Gasteiger partial charge < -0.3 is 5.32 Å². The number of hydrogen-bond acceptors (Lipinski definition) is 4. The zero-order valence-electron chi connectivity index (χ0n) is 11.5. The molecule has 0 aliphatic carbocycles. The molecule has 0 saturated heterocycles. The number of pyridine rings is 1. The summed E-state index contributed by atoms with van der Waals surface area (Å²) in [5.74, 6) is -1.67. The van der Waals surface area contributed by atoms with Crippen molar-refractivity contribution in [2.24, 2.45) is 0 Å². The van der Waals surface area contributed by atoms with Crippen molar-refractivity contribution < 1.29 is 9.59 Å². The number of benzene rings is 1. The topological polar surface area (TPSA) is 83.1 Å². The summed E-state index contributed by atoms with van der Waals surface area (Å²) < 4.78 is 0. The van der Waals surface area contributed by atoms with Crippen LogP contribution in [0.3, 0.4) is 0 Å². The highest BCUT2D eigenvalue weighted by molar-refractivity contribution is 6.39. The molecule has 6 nitrogen and oxygen atoms in total. The normalized spacial score (nSPS) is 9.68. The highest BCUT2D eigenvalue weighted by Gasteiger charge is 2.13. The molecule has 7 heteroatoms. The van der Waals surface area contributed by atoms with Gasteiger partial charge in [-0.3, -0.25) is 25.4 Å². The molecule has 0 spiro atoms. The van der Waals surface area contributed by atoms with E-state index in [9.17, 15) is 9.59 Å². The maximum atomic E-state index is 11.7.